The number of aliphatic hydroxyl groups is 1. The molecule has 0 aromatic carbocycles. The number of hydrogen-bond donors (Lipinski definition) is 3. The summed E-state index contributed by atoms with van der Waals surface area (Å²) < 4.78 is 5.46. The van der Waals surface area contributed by atoms with E-state index in [9.17, 15) is 5.11 Å². The fraction of sp³-hybridized carbons (Fsp3) is 0.750. The molecule has 0 radical (unpaired) electrons. The molecule has 2 rings (SSSR count). The molecule has 1 fully saturated rings. The van der Waals surface area contributed by atoms with Crippen molar-refractivity contribution in [2.24, 2.45) is 0 Å². The lowest BCUT2D eigenvalue weighted by atomic mass is 9.80. The van der Waals surface area contributed by atoms with Crippen LogP contribution < -0.4 is 15.4 Å². The normalized spacial score (nSPS) is 16.9. The van der Waals surface area contributed by atoms with Crippen molar-refractivity contribution in [1.29, 1.82) is 0 Å². The summed E-state index contributed by atoms with van der Waals surface area (Å²) in [6.45, 7) is 4.27. The summed E-state index contributed by atoms with van der Waals surface area (Å²) in [5.74, 6) is 0.851. The fourth-order valence-corrected chi connectivity index (χ4v) is 1.82. The minimum Gasteiger partial charge on any atom is -0.461 e. The van der Waals surface area contributed by atoms with Crippen molar-refractivity contribution in [2.45, 2.75) is 44.8 Å². The van der Waals surface area contributed by atoms with Crippen molar-refractivity contribution in [3.05, 3.63) is 0 Å². The van der Waals surface area contributed by atoms with Crippen LogP contribution in [0.4, 0.5) is 11.9 Å². The van der Waals surface area contributed by atoms with E-state index in [0.717, 1.165) is 19.3 Å². The Morgan fingerprint density at radius 3 is 2.47 bits per heavy atom. The van der Waals surface area contributed by atoms with Gasteiger partial charge in [0.1, 0.15) is 0 Å². The van der Waals surface area contributed by atoms with Crippen LogP contribution in [-0.2, 0) is 0 Å². The molecule has 1 saturated carbocycles. The van der Waals surface area contributed by atoms with Crippen LogP contribution in [0, 0.1) is 0 Å². The van der Waals surface area contributed by atoms with Gasteiger partial charge in [0.15, 0.2) is 0 Å². The van der Waals surface area contributed by atoms with Crippen molar-refractivity contribution >= 4 is 11.9 Å². The van der Waals surface area contributed by atoms with E-state index in [2.05, 4.69) is 25.6 Å². The summed E-state index contributed by atoms with van der Waals surface area (Å²) in [4.78, 5) is 12.5. The smallest absolute Gasteiger partial charge is 0.323 e. The zero-order valence-corrected chi connectivity index (χ0v) is 11.6. The van der Waals surface area contributed by atoms with Crippen molar-refractivity contribution in [3.63, 3.8) is 0 Å². The zero-order valence-electron chi connectivity index (χ0n) is 11.6. The van der Waals surface area contributed by atoms with Crippen molar-refractivity contribution in [1.82, 2.24) is 15.0 Å². The molecule has 1 aliphatic carbocycles. The van der Waals surface area contributed by atoms with Gasteiger partial charge in [0.2, 0.25) is 11.9 Å². The molecule has 1 heterocycles. The maximum atomic E-state index is 10.0. The molecule has 1 aromatic rings. The molecule has 0 aliphatic heterocycles. The Hall–Kier alpha value is -1.63. The lowest BCUT2D eigenvalue weighted by Gasteiger charge is -2.36. The first-order chi connectivity index (χ1) is 9.00. The van der Waals surface area contributed by atoms with Gasteiger partial charge in [0.05, 0.1) is 11.7 Å². The van der Waals surface area contributed by atoms with Gasteiger partial charge in [0, 0.05) is 13.6 Å². The van der Waals surface area contributed by atoms with Crippen LogP contribution in [0.5, 0.6) is 6.01 Å². The Labute approximate surface area is 112 Å². The molecular formula is C12H21N5O2. The lowest BCUT2D eigenvalue weighted by Crippen LogP contribution is -2.43. The molecule has 3 N–H and O–H groups in total. The second-order valence-electron chi connectivity index (χ2n) is 5.11. The van der Waals surface area contributed by atoms with Gasteiger partial charge >= 0.3 is 6.01 Å². The van der Waals surface area contributed by atoms with E-state index < -0.39 is 5.60 Å². The average molecular weight is 267 g/mol. The van der Waals surface area contributed by atoms with Crippen LogP contribution in [-0.4, -0.2) is 45.4 Å². The largest absolute Gasteiger partial charge is 0.461 e. The third-order valence-corrected chi connectivity index (χ3v) is 3.04. The molecule has 1 aromatic heterocycles. The second kappa shape index (κ2) is 5.56. The van der Waals surface area contributed by atoms with Crippen LogP contribution >= 0.6 is 0 Å². The first-order valence-electron chi connectivity index (χ1n) is 6.57. The summed E-state index contributed by atoms with van der Waals surface area (Å²) in [5, 5.41) is 15.9. The van der Waals surface area contributed by atoms with E-state index in [1.165, 1.54) is 0 Å². The van der Waals surface area contributed by atoms with Gasteiger partial charge in [-0.1, -0.05) is 0 Å². The number of aromatic nitrogens is 3. The number of anilines is 2. The molecule has 0 unspecified atom stereocenters. The van der Waals surface area contributed by atoms with E-state index in [-0.39, 0.29) is 12.1 Å². The lowest BCUT2D eigenvalue weighted by molar-refractivity contribution is -0.0203. The van der Waals surface area contributed by atoms with Crippen molar-refractivity contribution in [2.75, 3.05) is 24.2 Å². The van der Waals surface area contributed by atoms with E-state index in [1.807, 2.05) is 13.8 Å². The van der Waals surface area contributed by atoms with Crippen molar-refractivity contribution in [3.8, 4) is 6.01 Å². The first kappa shape index (κ1) is 13.8. The Balaban J connectivity index is 2.05. The molecule has 1 aliphatic rings. The standard InChI is InChI=1S/C12H21N5O2/c1-8(2)19-11-16-9(13-3)15-10(17-11)14-7-12(18)5-4-6-12/h8,18H,4-7H2,1-3H3,(H2,13,14,15,16,17). The van der Waals surface area contributed by atoms with E-state index in [0.29, 0.717) is 18.4 Å². The van der Waals surface area contributed by atoms with Crippen LogP contribution in [0.3, 0.4) is 0 Å². The molecule has 0 atom stereocenters. The molecular weight excluding hydrogens is 246 g/mol. The van der Waals surface area contributed by atoms with Crippen molar-refractivity contribution < 1.29 is 9.84 Å². The minimum atomic E-state index is -0.620. The van der Waals surface area contributed by atoms with E-state index in [4.69, 9.17) is 4.74 Å². The number of hydrogen-bond acceptors (Lipinski definition) is 7. The SMILES string of the molecule is CNc1nc(NCC2(O)CCC2)nc(OC(C)C)n1. The Bertz CT molecular complexity index is 434. The van der Waals surface area contributed by atoms with E-state index >= 15 is 0 Å². The molecule has 7 nitrogen and oxygen atoms in total. The Morgan fingerprint density at radius 2 is 1.95 bits per heavy atom. The van der Waals surface area contributed by atoms with E-state index in [1.54, 1.807) is 7.05 Å². The predicted molar refractivity (Wildman–Crippen MR) is 72.4 cm³/mol. The third-order valence-electron chi connectivity index (χ3n) is 3.04. The highest BCUT2D eigenvalue weighted by Crippen LogP contribution is 2.31. The molecule has 0 bridgehead atoms. The zero-order chi connectivity index (χ0) is 13.9. The van der Waals surface area contributed by atoms with Crippen LogP contribution in [0.15, 0.2) is 0 Å². The van der Waals surface area contributed by atoms with Gasteiger partial charge < -0.3 is 20.5 Å². The highest BCUT2D eigenvalue weighted by Gasteiger charge is 2.34. The molecule has 19 heavy (non-hydrogen) atoms. The summed E-state index contributed by atoms with van der Waals surface area (Å²) in [5.41, 5.74) is -0.620. The summed E-state index contributed by atoms with van der Waals surface area (Å²) in [6, 6.07) is 0.275. The average Bonchev–Trinajstić information content (AvgIpc) is 2.33. The highest BCUT2D eigenvalue weighted by molar-refractivity contribution is 5.35. The molecule has 106 valence electrons. The van der Waals surface area contributed by atoms with Gasteiger partial charge in [-0.25, -0.2) is 0 Å². The van der Waals surface area contributed by atoms with Crippen LogP contribution in [0.1, 0.15) is 33.1 Å². The maximum absolute atomic E-state index is 10.0. The third kappa shape index (κ3) is 3.66. The number of rotatable bonds is 6. The van der Waals surface area contributed by atoms with Gasteiger partial charge in [-0.15, -0.1) is 0 Å². The van der Waals surface area contributed by atoms with Crippen LogP contribution in [0.25, 0.3) is 0 Å². The summed E-state index contributed by atoms with van der Waals surface area (Å²) >= 11 is 0. The number of ether oxygens (including phenoxy) is 1. The molecule has 0 saturated heterocycles. The quantitative estimate of drug-likeness (QED) is 0.708. The highest BCUT2D eigenvalue weighted by atomic mass is 16.5. The predicted octanol–water partition coefficient (Wildman–Crippen LogP) is 1.03. The molecule has 0 amide bonds. The second-order valence-corrected chi connectivity index (χ2v) is 5.11. The molecule has 7 heteroatoms. The molecule has 0 spiro atoms. The van der Waals surface area contributed by atoms with Crippen LogP contribution in [0.2, 0.25) is 0 Å². The number of nitrogens with one attached hydrogen (secondary N) is 2. The monoisotopic (exact) mass is 267 g/mol. The first-order valence-corrected chi connectivity index (χ1v) is 6.57. The Kier molecular flexibility index (Phi) is 4.04. The van der Waals surface area contributed by atoms with Gasteiger partial charge in [0.25, 0.3) is 0 Å². The maximum Gasteiger partial charge on any atom is 0.323 e. The van der Waals surface area contributed by atoms with Gasteiger partial charge in [-0.05, 0) is 33.1 Å². The van der Waals surface area contributed by atoms with Gasteiger partial charge in [-0.2, -0.15) is 15.0 Å². The summed E-state index contributed by atoms with van der Waals surface area (Å²) in [7, 11) is 1.73. The topological polar surface area (TPSA) is 92.2 Å². The number of nitrogens with zero attached hydrogens (tertiary/aromatic N) is 3. The Morgan fingerprint density at radius 1 is 1.26 bits per heavy atom. The van der Waals surface area contributed by atoms with Gasteiger partial charge in [-0.3, -0.25) is 0 Å². The summed E-state index contributed by atoms with van der Waals surface area (Å²) in [6.07, 6.45) is 2.70. The minimum absolute atomic E-state index is 0.00391. The fourth-order valence-electron chi connectivity index (χ4n) is 1.82.